The van der Waals surface area contributed by atoms with Gasteiger partial charge in [0.05, 0.1) is 18.0 Å². The van der Waals surface area contributed by atoms with Gasteiger partial charge in [-0.1, -0.05) is 24.3 Å². The summed E-state index contributed by atoms with van der Waals surface area (Å²) in [6, 6.07) is 17.9. The van der Waals surface area contributed by atoms with Gasteiger partial charge in [0.2, 0.25) is 10.0 Å². The van der Waals surface area contributed by atoms with Crippen LogP contribution < -0.4 is 14.8 Å². The third-order valence-electron chi connectivity index (χ3n) is 4.94. The number of para-hydroxylation sites is 1. The molecule has 1 heterocycles. The molecule has 0 aliphatic rings. The van der Waals surface area contributed by atoms with Gasteiger partial charge in [0.15, 0.2) is 0 Å². The first kappa shape index (κ1) is 24.7. The van der Waals surface area contributed by atoms with Gasteiger partial charge in [-0.05, 0) is 35.9 Å². The Morgan fingerprint density at radius 1 is 1.03 bits per heavy atom. The third kappa shape index (κ3) is 6.08. The number of aliphatic hydroxyl groups is 1. The molecule has 33 heavy (non-hydrogen) atoms. The molecule has 8 nitrogen and oxygen atoms in total. The van der Waals surface area contributed by atoms with Crippen molar-refractivity contribution in [1.29, 1.82) is 0 Å². The molecular formula is C23H25ClN2O6S. The second-order valence-electron chi connectivity index (χ2n) is 7.48. The molecule has 3 aromatic carbocycles. The maximum atomic E-state index is 11.4. The van der Waals surface area contributed by atoms with Crippen molar-refractivity contribution in [2.75, 3.05) is 30.7 Å². The number of aromatic hydroxyl groups is 1. The van der Waals surface area contributed by atoms with Crippen LogP contribution in [0.3, 0.4) is 0 Å². The minimum Gasteiger partial charge on any atom is -0.506 e. The average molecular weight is 493 g/mol. The SMILES string of the molecule is CS(=O)(=O)Nc1cc(C(O)CNCCOc2ccc3c(c2)oc2ccccc23)ccc1O.Cl. The molecule has 0 saturated carbocycles. The van der Waals surface area contributed by atoms with Crippen molar-refractivity contribution in [3.63, 3.8) is 0 Å². The highest BCUT2D eigenvalue weighted by atomic mass is 35.5. The lowest BCUT2D eigenvalue weighted by atomic mass is 10.1. The number of hydrogen-bond donors (Lipinski definition) is 4. The summed E-state index contributed by atoms with van der Waals surface area (Å²) in [5.41, 5.74) is 2.09. The van der Waals surface area contributed by atoms with Gasteiger partial charge in [0.1, 0.15) is 29.3 Å². The Kier molecular flexibility index (Phi) is 7.70. The Hall–Kier alpha value is -2.98. The number of nitrogens with one attached hydrogen (secondary N) is 2. The molecule has 4 N–H and O–H groups in total. The van der Waals surface area contributed by atoms with Crippen LogP contribution >= 0.6 is 12.4 Å². The minimum atomic E-state index is -3.54. The molecule has 1 atom stereocenters. The smallest absolute Gasteiger partial charge is 0.229 e. The Morgan fingerprint density at radius 2 is 1.79 bits per heavy atom. The van der Waals surface area contributed by atoms with Crippen molar-refractivity contribution in [1.82, 2.24) is 5.32 Å². The monoisotopic (exact) mass is 492 g/mol. The molecule has 10 heteroatoms. The minimum absolute atomic E-state index is 0. The molecule has 0 saturated heterocycles. The fraction of sp³-hybridized carbons (Fsp3) is 0.217. The molecule has 0 amide bonds. The number of aliphatic hydroxyl groups excluding tert-OH is 1. The molecule has 0 spiro atoms. The van der Waals surface area contributed by atoms with Gasteiger partial charge in [-0.15, -0.1) is 12.4 Å². The zero-order valence-electron chi connectivity index (χ0n) is 17.8. The molecule has 0 fully saturated rings. The van der Waals surface area contributed by atoms with Crippen LogP contribution in [0.1, 0.15) is 11.7 Å². The van der Waals surface area contributed by atoms with E-state index in [2.05, 4.69) is 10.0 Å². The number of furan rings is 1. The summed E-state index contributed by atoms with van der Waals surface area (Å²) in [7, 11) is -3.54. The standard InChI is InChI=1S/C23H24N2O6S.ClH/c1-32(28,29)25-19-12-15(6-9-20(19)26)21(27)14-24-10-11-30-16-7-8-18-17-4-2-3-5-22(17)31-23(18)13-16;/h2-9,12-13,21,24-27H,10-11,14H2,1H3;1H. The van der Waals surface area contributed by atoms with Crippen LogP contribution in [0.5, 0.6) is 11.5 Å². The quantitative estimate of drug-likeness (QED) is 0.207. The first-order valence-corrected chi connectivity index (χ1v) is 11.9. The fourth-order valence-corrected chi connectivity index (χ4v) is 4.00. The van der Waals surface area contributed by atoms with E-state index in [0.29, 0.717) is 24.5 Å². The summed E-state index contributed by atoms with van der Waals surface area (Å²) < 4.78 is 36.6. The predicted molar refractivity (Wildman–Crippen MR) is 131 cm³/mol. The van der Waals surface area contributed by atoms with Crippen LogP contribution in [-0.4, -0.2) is 44.6 Å². The van der Waals surface area contributed by atoms with E-state index in [9.17, 15) is 18.6 Å². The van der Waals surface area contributed by atoms with Crippen LogP contribution in [0.25, 0.3) is 21.9 Å². The molecule has 176 valence electrons. The first-order valence-electron chi connectivity index (χ1n) is 10.0. The number of phenols is 1. The highest BCUT2D eigenvalue weighted by Crippen LogP contribution is 2.31. The van der Waals surface area contributed by atoms with E-state index in [1.54, 1.807) is 0 Å². The number of phenolic OH excluding ortho intramolecular Hbond substituents is 1. The lowest BCUT2D eigenvalue weighted by molar-refractivity contribution is 0.172. The van der Waals surface area contributed by atoms with Crippen molar-refractivity contribution in [3.05, 3.63) is 66.2 Å². The maximum Gasteiger partial charge on any atom is 0.229 e. The number of hydrogen-bond acceptors (Lipinski definition) is 7. The Bertz CT molecular complexity index is 1360. The van der Waals surface area contributed by atoms with Gasteiger partial charge in [0, 0.05) is 29.9 Å². The lowest BCUT2D eigenvalue weighted by Crippen LogP contribution is -2.26. The van der Waals surface area contributed by atoms with Crippen LogP contribution in [0, 0.1) is 0 Å². The third-order valence-corrected chi connectivity index (χ3v) is 5.53. The van der Waals surface area contributed by atoms with Crippen molar-refractivity contribution in [2.45, 2.75) is 6.10 Å². The second-order valence-corrected chi connectivity index (χ2v) is 9.22. The number of benzene rings is 3. The second kappa shape index (κ2) is 10.3. The van der Waals surface area contributed by atoms with Gasteiger partial charge < -0.3 is 24.7 Å². The number of ether oxygens (including phenoxy) is 1. The molecule has 0 aliphatic heterocycles. The van der Waals surface area contributed by atoms with Crippen molar-refractivity contribution in [3.8, 4) is 11.5 Å². The highest BCUT2D eigenvalue weighted by Gasteiger charge is 2.13. The van der Waals surface area contributed by atoms with E-state index in [0.717, 1.165) is 28.2 Å². The summed E-state index contributed by atoms with van der Waals surface area (Å²) in [6.07, 6.45) is 0.103. The summed E-state index contributed by atoms with van der Waals surface area (Å²) in [5.74, 6) is 0.475. The zero-order chi connectivity index (χ0) is 22.7. The van der Waals surface area contributed by atoms with E-state index in [4.69, 9.17) is 9.15 Å². The van der Waals surface area contributed by atoms with Crippen molar-refractivity contribution in [2.24, 2.45) is 0 Å². The van der Waals surface area contributed by atoms with Gasteiger partial charge in [-0.25, -0.2) is 8.42 Å². The number of rotatable bonds is 9. The van der Waals surface area contributed by atoms with E-state index in [1.165, 1.54) is 18.2 Å². The molecule has 0 radical (unpaired) electrons. The molecule has 0 bridgehead atoms. The summed E-state index contributed by atoms with van der Waals surface area (Å²) in [4.78, 5) is 0. The Labute approximate surface area is 197 Å². The van der Waals surface area contributed by atoms with E-state index < -0.39 is 16.1 Å². The summed E-state index contributed by atoms with van der Waals surface area (Å²) in [6.45, 7) is 1.10. The van der Waals surface area contributed by atoms with Crippen molar-refractivity contribution >= 4 is 50.1 Å². The van der Waals surface area contributed by atoms with Crippen LogP contribution in [0.15, 0.2) is 65.1 Å². The number of halogens is 1. The summed E-state index contributed by atoms with van der Waals surface area (Å²) in [5, 5.41) is 25.4. The normalized spacial score (nSPS) is 12.4. The number of anilines is 1. The van der Waals surface area contributed by atoms with E-state index in [-0.39, 0.29) is 30.4 Å². The largest absolute Gasteiger partial charge is 0.506 e. The summed E-state index contributed by atoms with van der Waals surface area (Å²) >= 11 is 0. The molecular weight excluding hydrogens is 468 g/mol. The fourth-order valence-electron chi connectivity index (χ4n) is 3.44. The topological polar surface area (TPSA) is 121 Å². The van der Waals surface area contributed by atoms with Gasteiger partial charge in [-0.3, -0.25) is 4.72 Å². The molecule has 1 unspecified atom stereocenters. The molecule has 4 aromatic rings. The molecule has 1 aromatic heterocycles. The molecule has 0 aliphatic carbocycles. The van der Waals surface area contributed by atoms with Crippen LogP contribution in [0.2, 0.25) is 0 Å². The molecule has 4 rings (SSSR count). The number of sulfonamides is 1. The van der Waals surface area contributed by atoms with Crippen molar-refractivity contribution < 1.29 is 27.8 Å². The first-order chi connectivity index (χ1) is 15.3. The number of fused-ring (bicyclic) bond motifs is 3. The highest BCUT2D eigenvalue weighted by molar-refractivity contribution is 7.92. The predicted octanol–water partition coefficient (Wildman–Crippen LogP) is 3.79. The average Bonchev–Trinajstić information content (AvgIpc) is 3.11. The van der Waals surface area contributed by atoms with E-state index in [1.807, 2.05) is 42.5 Å². The van der Waals surface area contributed by atoms with Gasteiger partial charge >= 0.3 is 0 Å². The Morgan fingerprint density at radius 3 is 2.58 bits per heavy atom. The Balaban J connectivity index is 0.00000306. The van der Waals surface area contributed by atoms with Gasteiger partial charge in [0.25, 0.3) is 0 Å². The maximum absolute atomic E-state index is 11.4. The van der Waals surface area contributed by atoms with E-state index >= 15 is 0 Å². The lowest BCUT2D eigenvalue weighted by Gasteiger charge is -2.15. The zero-order valence-corrected chi connectivity index (χ0v) is 19.4. The van der Waals surface area contributed by atoms with Crippen LogP contribution in [0.4, 0.5) is 5.69 Å². The van der Waals surface area contributed by atoms with Gasteiger partial charge in [-0.2, -0.15) is 0 Å². The van der Waals surface area contributed by atoms with Crippen LogP contribution in [-0.2, 0) is 10.0 Å².